The minimum absolute atomic E-state index is 0.0518. The molecule has 0 aromatic carbocycles. The lowest BCUT2D eigenvalue weighted by Gasteiger charge is -2.21. The van der Waals surface area contributed by atoms with E-state index >= 15 is 0 Å². The van der Waals surface area contributed by atoms with Crippen LogP contribution in [-0.4, -0.2) is 35.8 Å². The van der Waals surface area contributed by atoms with E-state index in [4.69, 9.17) is 5.11 Å². The predicted molar refractivity (Wildman–Crippen MR) is 40.3 cm³/mol. The number of carbonyl (C=O) groups excluding carboxylic acids is 1. The maximum Gasteiger partial charge on any atom is 0.463 e. The number of hydrogen-bond donors (Lipinski definition) is 2. The molecule has 0 saturated carbocycles. The Morgan fingerprint density at radius 2 is 1.80 bits per heavy atom. The molecule has 0 aromatic heterocycles. The third kappa shape index (κ3) is 3.29. The van der Waals surface area contributed by atoms with Crippen molar-refractivity contribution in [2.45, 2.75) is 31.5 Å². The summed E-state index contributed by atoms with van der Waals surface area (Å²) in [5.41, 5.74) is 0. The van der Waals surface area contributed by atoms with E-state index in [-0.39, 0.29) is 6.42 Å². The molecule has 0 bridgehead atoms. The molecule has 0 aromatic rings. The summed E-state index contributed by atoms with van der Waals surface area (Å²) in [6.07, 6.45) is -5.87. The SMILES string of the molecule is CC[C@H](CO)NC(=O)C(F)(F)C(F)(F)F. The Hall–Kier alpha value is -0.920. The standard InChI is InChI=1S/C7H10F5NO2/c1-2-4(3-14)13-5(15)6(8,9)7(10,11)12/h4,14H,2-3H2,1H3,(H,13,15)/t4-/m1/s1. The summed E-state index contributed by atoms with van der Waals surface area (Å²) in [6.45, 7) is 0.725. The quantitative estimate of drug-likeness (QED) is 0.716. The minimum atomic E-state index is -5.93. The number of rotatable bonds is 4. The molecule has 0 aliphatic carbocycles. The summed E-state index contributed by atoms with van der Waals surface area (Å²) < 4.78 is 59.7. The second-order valence-electron chi connectivity index (χ2n) is 2.83. The Bertz CT molecular complexity index is 224. The Kier molecular flexibility index (Phi) is 4.44. The molecule has 2 N–H and O–H groups in total. The van der Waals surface area contributed by atoms with Crippen LogP contribution in [0.25, 0.3) is 0 Å². The number of amides is 1. The van der Waals surface area contributed by atoms with Crippen molar-refractivity contribution < 1.29 is 31.9 Å². The predicted octanol–water partition coefficient (Wildman–Crippen LogP) is 1.07. The lowest BCUT2D eigenvalue weighted by Crippen LogP contribution is -2.53. The summed E-state index contributed by atoms with van der Waals surface area (Å²) >= 11 is 0. The maximum absolute atomic E-state index is 12.3. The van der Waals surface area contributed by atoms with Gasteiger partial charge in [-0.15, -0.1) is 0 Å². The molecule has 0 aliphatic heterocycles. The first kappa shape index (κ1) is 14.1. The molecule has 8 heteroatoms. The van der Waals surface area contributed by atoms with E-state index in [1.807, 2.05) is 0 Å². The van der Waals surface area contributed by atoms with E-state index < -0.39 is 30.7 Å². The van der Waals surface area contributed by atoms with Crippen molar-refractivity contribution in [2.75, 3.05) is 6.61 Å². The lowest BCUT2D eigenvalue weighted by molar-refractivity contribution is -0.270. The molecule has 1 atom stereocenters. The molecular weight excluding hydrogens is 225 g/mol. The minimum Gasteiger partial charge on any atom is -0.394 e. The van der Waals surface area contributed by atoms with Crippen molar-refractivity contribution in [1.82, 2.24) is 5.32 Å². The first-order chi connectivity index (χ1) is 6.66. The van der Waals surface area contributed by atoms with E-state index in [0.717, 1.165) is 0 Å². The zero-order valence-corrected chi connectivity index (χ0v) is 7.74. The van der Waals surface area contributed by atoms with Crippen LogP contribution in [0.4, 0.5) is 22.0 Å². The van der Waals surface area contributed by atoms with Gasteiger partial charge in [0.05, 0.1) is 12.6 Å². The van der Waals surface area contributed by atoms with Crippen LogP contribution in [0, 0.1) is 0 Å². The third-order valence-corrected chi connectivity index (χ3v) is 1.69. The Balaban J connectivity index is 4.58. The van der Waals surface area contributed by atoms with Gasteiger partial charge in [-0.25, -0.2) is 0 Å². The van der Waals surface area contributed by atoms with E-state index in [0.29, 0.717) is 0 Å². The number of aliphatic hydroxyl groups excluding tert-OH is 1. The molecule has 0 radical (unpaired) electrons. The van der Waals surface area contributed by atoms with Crippen molar-refractivity contribution in [3.8, 4) is 0 Å². The van der Waals surface area contributed by atoms with Crippen LogP contribution in [0.15, 0.2) is 0 Å². The molecule has 15 heavy (non-hydrogen) atoms. The van der Waals surface area contributed by atoms with Gasteiger partial charge in [0.2, 0.25) is 0 Å². The van der Waals surface area contributed by atoms with E-state index in [1.165, 1.54) is 12.2 Å². The molecule has 1 amide bonds. The summed E-state index contributed by atoms with van der Waals surface area (Å²) in [4.78, 5) is 10.5. The lowest BCUT2D eigenvalue weighted by atomic mass is 10.2. The second kappa shape index (κ2) is 4.73. The van der Waals surface area contributed by atoms with Crippen molar-refractivity contribution in [1.29, 1.82) is 0 Å². The fourth-order valence-corrected chi connectivity index (χ4v) is 0.682. The highest BCUT2D eigenvalue weighted by Gasteiger charge is 2.63. The molecule has 90 valence electrons. The molecule has 0 rings (SSSR count). The Morgan fingerprint density at radius 3 is 2.07 bits per heavy atom. The number of nitrogens with one attached hydrogen (secondary N) is 1. The van der Waals surface area contributed by atoms with Crippen molar-refractivity contribution in [3.05, 3.63) is 0 Å². The van der Waals surface area contributed by atoms with Gasteiger partial charge in [-0.3, -0.25) is 4.79 Å². The summed E-state index contributed by atoms with van der Waals surface area (Å²) in [7, 11) is 0. The zero-order chi connectivity index (χ0) is 12.3. The summed E-state index contributed by atoms with van der Waals surface area (Å²) in [5.74, 6) is -7.88. The summed E-state index contributed by atoms with van der Waals surface area (Å²) in [5, 5.41) is 9.91. The van der Waals surface area contributed by atoms with Crippen LogP contribution < -0.4 is 5.32 Å². The van der Waals surface area contributed by atoms with Gasteiger partial charge in [-0.05, 0) is 6.42 Å². The van der Waals surface area contributed by atoms with Crippen LogP contribution in [0.2, 0.25) is 0 Å². The molecule has 0 fully saturated rings. The second-order valence-corrected chi connectivity index (χ2v) is 2.83. The highest BCUT2D eigenvalue weighted by molar-refractivity contribution is 5.84. The zero-order valence-electron chi connectivity index (χ0n) is 7.74. The van der Waals surface area contributed by atoms with Crippen LogP contribution >= 0.6 is 0 Å². The molecule has 0 heterocycles. The summed E-state index contributed by atoms with van der Waals surface area (Å²) in [6, 6.07) is -1.11. The monoisotopic (exact) mass is 235 g/mol. The van der Waals surface area contributed by atoms with Crippen LogP contribution in [0.5, 0.6) is 0 Å². The normalized spacial score (nSPS) is 14.9. The van der Waals surface area contributed by atoms with Gasteiger partial charge >= 0.3 is 18.0 Å². The fraction of sp³-hybridized carbons (Fsp3) is 0.857. The highest BCUT2D eigenvalue weighted by Crippen LogP contribution is 2.35. The average molecular weight is 235 g/mol. The number of carbonyl (C=O) groups is 1. The first-order valence-electron chi connectivity index (χ1n) is 4.03. The van der Waals surface area contributed by atoms with Gasteiger partial charge in [0.15, 0.2) is 0 Å². The first-order valence-corrected chi connectivity index (χ1v) is 4.03. The Labute approximate surface area is 82.3 Å². The maximum atomic E-state index is 12.3. The van der Waals surface area contributed by atoms with Crippen molar-refractivity contribution in [3.63, 3.8) is 0 Å². The average Bonchev–Trinajstić information content (AvgIpc) is 2.11. The van der Waals surface area contributed by atoms with Gasteiger partial charge in [0, 0.05) is 0 Å². The van der Waals surface area contributed by atoms with Gasteiger partial charge in [-0.1, -0.05) is 6.92 Å². The van der Waals surface area contributed by atoms with E-state index in [1.54, 1.807) is 0 Å². The number of halogens is 5. The molecule has 3 nitrogen and oxygen atoms in total. The van der Waals surface area contributed by atoms with E-state index in [9.17, 15) is 26.7 Å². The van der Waals surface area contributed by atoms with Crippen molar-refractivity contribution in [2.24, 2.45) is 0 Å². The largest absolute Gasteiger partial charge is 0.463 e. The van der Waals surface area contributed by atoms with E-state index in [2.05, 4.69) is 0 Å². The number of alkyl halides is 5. The van der Waals surface area contributed by atoms with Crippen LogP contribution in [0.3, 0.4) is 0 Å². The van der Waals surface area contributed by atoms with Gasteiger partial charge < -0.3 is 10.4 Å². The van der Waals surface area contributed by atoms with Crippen LogP contribution in [0.1, 0.15) is 13.3 Å². The topological polar surface area (TPSA) is 49.3 Å². The molecule has 0 aliphatic rings. The smallest absolute Gasteiger partial charge is 0.394 e. The highest BCUT2D eigenvalue weighted by atomic mass is 19.4. The third-order valence-electron chi connectivity index (χ3n) is 1.69. The number of aliphatic hydroxyl groups is 1. The fourth-order valence-electron chi connectivity index (χ4n) is 0.682. The van der Waals surface area contributed by atoms with Crippen molar-refractivity contribution >= 4 is 5.91 Å². The van der Waals surface area contributed by atoms with Crippen LogP contribution in [-0.2, 0) is 4.79 Å². The van der Waals surface area contributed by atoms with Gasteiger partial charge in [-0.2, -0.15) is 22.0 Å². The number of hydrogen-bond acceptors (Lipinski definition) is 2. The Morgan fingerprint density at radius 1 is 1.33 bits per heavy atom. The molecular formula is C7H10F5NO2. The molecule has 0 saturated heterocycles. The molecule has 0 spiro atoms. The van der Waals surface area contributed by atoms with Gasteiger partial charge in [0.1, 0.15) is 0 Å². The van der Waals surface area contributed by atoms with Gasteiger partial charge in [0.25, 0.3) is 0 Å². The molecule has 0 unspecified atom stereocenters.